The Balaban J connectivity index is 2.19. The summed E-state index contributed by atoms with van der Waals surface area (Å²) in [6, 6.07) is 3.64. The van der Waals surface area contributed by atoms with Gasteiger partial charge in [-0.05, 0) is 46.5 Å². The molecular weight excluding hydrogens is 338 g/mol. The van der Waals surface area contributed by atoms with E-state index in [1.165, 1.54) is 11.5 Å². The smallest absolute Gasteiger partial charge is 0.156 e. The Morgan fingerprint density at radius 2 is 2.33 bits per heavy atom. The van der Waals surface area contributed by atoms with Gasteiger partial charge in [-0.1, -0.05) is 16.1 Å². The van der Waals surface area contributed by atoms with E-state index in [2.05, 4.69) is 30.8 Å². The second-order valence-electron chi connectivity index (χ2n) is 3.45. The first-order valence-corrected chi connectivity index (χ1v) is 7.33. The molecule has 0 amide bonds. The summed E-state index contributed by atoms with van der Waals surface area (Å²) in [5.41, 5.74) is 1.72. The molecule has 0 saturated carbocycles. The zero-order valence-corrected chi connectivity index (χ0v) is 12.8. The molecule has 0 atom stereocenters. The first kappa shape index (κ1) is 13.6. The Labute approximate surface area is 123 Å². The molecule has 96 valence electrons. The van der Waals surface area contributed by atoms with Crippen molar-refractivity contribution in [3.63, 3.8) is 0 Å². The predicted molar refractivity (Wildman–Crippen MR) is 77.6 cm³/mol. The summed E-state index contributed by atoms with van der Waals surface area (Å²) in [7, 11) is 0. The van der Waals surface area contributed by atoms with Crippen molar-refractivity contribution in [2.45, 2.75) is 13.5 Å². The summed E-state index contributed by atoms with van der Waals surface area (Å²) >= 11 is 10.8. The number of rotatable bonds is 5. The van der Waals surface area contributed by atoms with Crippen molar-refractivity contribution in [2.75, 3.05) is 11.9 Å². The minimum absolute atomic E-state index is 0.587. The number of anilines is 1. The Hall–Kier alpha value is -0.850. The number of aromatic nitrogens is 2. The monoisotopic (exact) mass is 347 g/mol. The summed E-state index contributed by atoms with van der Waals surface area (Å²) in [6.07, 6.45) is 0. The van der Waals surface area contributed by atoms with Crippen molar-refractivity contribution in [1.82, 2.24) is 9.59 Å². The first-order chi connectivity index (χ1) is 8.70. The fourth-order valence-electron chi connectivity index (χ4n) is 1.43. The highest BCUT2D eigenvalue weighted by atomic mass is 79.9. The number of halogens is 2. The van der Waals surface area contributed by atoms with Crippen LogP contribution in [-0.4, -0.2) is 16.2 Å². The number of benzene rings is 1. The van der Waals surface area contributed by atoms with Crippen LogP contribution in [0.2, 0.25) is 5.02 Å². The molecule has 1 heterocycles. The lowest BCUT2D eigenvalue weighted by molar-refractivity contribution is 0.339. The van der Waals surface area contributed by atoms with Crippen LogP contribution < -0.4 is 10.1 Å². The Bertz CT molecular complexity index is 521. The summed E-state index contributed by atoms with van der Waals surface area (Å²) < 4.78 is 10.2. The maximum absolute atomic E-state index is 6.03. The van der Waals surface area contributed by atoms with Crippen LogP contribution in [0.1, 0.15) is 12.6 Å². The Kier molecular flexibility index (Phi) is 4.79. The second-order valence-corrected chi connectivity index (χ2v) is 5.35. The van der Waals surface area contributed by atoms with E-state index in [9.17, 15) is 0 Å². The maximum Gasteiger partial charge on any atom is 0.156 e. The van der Waals surface area contributed by atoms with E-state index in [4.69, 9.17) is 16.3 Å². The van der Waals surface area contributed by atoms with Crippen LogP contribution >= 0.6 is 39.1 Å². The molecule has 1 aromatic heterocycles. The van der Waals surface area contributed by atoms with Crippen molar-refractivity contribution in [1.29, 1.82) is 0 Å². The van der Waals surface area contributed by atoms with Crippen molar-refractivity contribution >= 4 is 44.8 Å². The number of ether oxygens (including phenoxy) is 1. The topological polar surface area (TPSA) is 47.0 Å². The van der Waals surface area contributed by atoms with Crippen LogP contribution in [-0.2, 0) is 6.54 Å². The van der Waals surface area contributed by atoms with Crippen LogP contribution in [0.5, 0.6) is 5.75 Å². The standard InChI is InChI=1S/C11H11BrClN3OS/c1-2-17-11-9(12)3-7(13)4-10(11)14-5-8-6-18-16-15-8/h3-4,6,14H,2,5H2,1H3. The highest BCUT2D eigenvalue weighted by molar-refractivity contribution is 9.10. The molecule has 1 aromatic carbocycles. The average Bonchev–Trinajstić information content (AvgIpc) is 2.83. The van der Waals surface area contributed by atoms with E-state index in [-0.39, 0.29) is 0 Å². The molecule has 0 unspecified atom stereocenters. The molecule has 4 nitrogen and oxygen atoms in total. The van der Waals surface area contributed by atoms with Gasteiger partial charge in [0, 0.05) is 10.4 Å². The van der Waals surface area contributed by atoms with Gasteiger partial charge in [0.15, 0.2) is 5.75 Å². The molecule has 0 aliphatic rings. The third kappa shape index (κ3) is 3.34. The van der Waals surface area contributed by atoms with Crippen molar-refractivity contribution in [3.8, 4) is 5.75 Å². The molecule has 0 fully saturated rings. The van der Waals surface area contributed by atoms with Crippen LogP contribution in [0.3, 0.4) is 0 Å². The molecule has 18 heavy (non-hydrogen) atoms. The van der Waals surface area contributed by atoms with Crippen molar-refractivity contribution in [3.05, 3.63) is 32.7 Å². The van der Waals surface area contributed by atoms with E-state index in [0.29, 0.717) is 18.2 Å². The lowest BCUT2D eigenvalue weighted by Crippen LogP contribution is -2.03. The number of hydrogen-bond donors (Lipinski definition) is 1. The summed E-state index contributed by atoms with van der Waals surface area (Å²) in [5.74, 6) is 0.755. The average molecular weight is 349 g/mol. The van der Waals surface area contributed by atoms with Gasteiger partial charge in [0.25, 0.3) is 0 Å². The largest absolute Gasteiger partial charge is 0.491 e. The van der Waals surface area contributed by atoms with E-state index >= 15 is 0 Å². The zero-order valence-electron chi connectivity index (χ0n) is 9.61. The molecule has 0 aliphatic carbocycles. The Morgan fingerprint density at radius 3 is 3.00 bits per heavy atom. The Morgan fingerprint density at radius 1 is 1.50 bits per heavy atom. The predicted octanol–water partition coefficient (Wildman–Crippen LogP) is 3.96. The van der Waals surface area contributed by atoms with E-state index < -0.39 is 0 Å². The zero-order chi connectivity index (χ0) is 13.0. The van der Waals surface area contributed by atoms with E-state index in [1.54, 1.807) is 0 Å². The highest BCUT2D eigenvalue weighted by Gasteiger charge is 2.10. The molecule has 7 heteroatoms. The van der Waals surface area contributed by atoms with E-state index in [1.807, 2.05) is 24.4 Å². The van der Waals surface area contributed by atoms with Gasteiger partial charge in [0.05, 0.1) is 29.0 Å². The molecule has 1 N–H and O–H groups in total. The van der Waals surface area contributed by atoms with Crippen LogP contribution in [0.25, 0.3) is 0 Å². The molecule has 0 aliphatic heterocycles. The third-order valence-electron chi connectivity index (χ3n) is 2.16. The number of nitrogens with one attached hydrogen (secondary N) is 1. The lowest BCUT2D eigenvalue weighted by Gasteiger charge is -2.13. The van der Waals surface area contributed by atoms with Crippen LogP contribution in [0, 0.1) is 0 Å². The molecular formula is C11H11BrClN3OS. The quantitative estimate of drug-likeness (QED) is 0.888. The minimum Gasteiger partial charge on any atom is -0.491 e. The van der Waals surface area contributed by atoms with Gasteiger partial charge in [0.2, 0.25) is 0 Å². The molecule has 2 rings (SSSR count). The van der Waals surface area contributed by atoms with Gasteiger partial charge in [-0.15, -0.1) is 5.10 Å². The van der Waals surface area contributed by atoms with Crippen molar-refractivity contribution in [2.24, 2.45) is 0 Å². The summed E-state index contributed by atoms with van der Waals surface area (Å²) in [5, 5.41) is 9.76. The SMILES string of the molecule is CCOc1c(Br)cc(Cl)cc1NCc1csnn1. The normalized spacial score (nSPS) is 10.4. The molecule has 0 spiro atoms. The second kappa shape index (κ2) is 6.36. The molecule has 0 bridgehead atoms. The lowest BCUT2D eigenvalue weighted by atomic mass is 10.3. The van der Waals surface area contributed by atoms with Crippen LogP contribution in [0.4, 0.5) is 5.69 Å². The molecule has 0 saturated heterocycles. The van der Waals surface area contributed by atoms with Gasteiger partial charge in [-0.3, -0.25) is 0 Å². The minimum atomic E-state index is 0.587. The summed E-state index contributed by atoms with van der Waals surface area (Å²) in [6.45, 7) is 3.12. The maximum atomic E-state index is 6.03. The fourth-order valence-corrected chi connectivity index (χ4v) is 2.81. The van der Waals surface area contributed by atoms with Gasteiger partial charge < -0.3 is 10.1 Å². The molecule has 0 radical (unpaired) electrons. The molecule has 2 aromatic rings. The first-order valence-electron chi connectivity index (χ1n) is 5.32. The van der Waals surface area contributed by atoms with Gasteiger partial charge in [-0.25, -0.2) is 0 Å². The van der Waals surface area contributed by atoms with Gasteiger partial charge >= 0.3 is 0 Å². The van der Waals surface area contributed by atoms with Gasteiger partial charge in [-0.2, -0.15) is 0 Å². The third-order valence-corrected chi connectivity index (χ3v) is 3.52. The van der Waals surface area contributed by atoms with Crippen molar-refractivity contribution < 1.29 is 4.74 Å². The van der Waals surface area contributed by atoms with E-state index in [0.717, 1.165) is 21.6 Å². The fraction of sp³-hybridized carbons (Fsp3) is 0.273. The van der Waals surface area contributed by atoms with Crippen LogP contribution in [0.15, 0.2) is 22.0 Å². The van der Waals surface area contributed by atoms with Gasteiger partial charge in [0.1, 0.15) is 0 Å². The summed E-state index contributed by atoms with van der Waals surface area (Å²) in [4.78, 5) is 0. The number of hydrogen-bond acceptors (Lipinski definition) is 5. The highest BCUT2D eigenvalue weighted by Crippen LogP contribution is 2.36. The number of nitrogens with zero attached hydrogens (tertiary/aromatic N) is 2.